The van der Waals surface area contributed by atoms with Gasteiger partial charge in [-0.1, -0.05) is 35.8 Å². The Morgan fingerprint density at radius 2 is 1.92 bits per heavy atom. The van der Waals surface area contributed by atoms with Crippen molar-refractivity contribution in [1.82, 2.24) is 0 Å². The number of rotatable bonds is 1. The van der Waals surface area contributed by atoms with Gasteiger partial charge in [-0.2, -0.15) is 0 Å². The van der Waals surface area contributed by atoms with Crippen LogP contribution in [0.2, 0.25) is 0 Å². The minimum Gasteiger partial charge on any atom is -0.0625 e. The van der Waals surface area contributed by atoms with E-state index in [1.165, 1.54) is 17.3 Å². The van der Waals surface area contributed by atoms with Crippen LogP contribution in [0.15, 0.2) is 22.7 Å². The first-order valence-corrected chi connectivity index (χ1v) is 5.73. The van der Waals surface area contributed by atoms with E-state index in [-0.39, 0.29) is 0 Å². The Kier molecular flexibility index (Phi) is 2.46. The Labute approximate surface area is 88.5 Å². The molecule has 13 heavy (non-hydrogen) atoms. The van der Waals surface area contributed by atoms with E-state index in [1.54, 1.807) is 11.1 Å². The van der Waals surface area contributed by atoms with Gasteiger partial charge >= 0.3 is 0 Å². The number of halogens is 1. The van der Waals surface area contributed by atoms with E-state index in [0.29, 0.717) is 0 Å². The van der Waals surface area contributed by atoms with Gasteiger partial charge in [-0.05, 0) is 47.9 Å². The van der Waals surface area contributed by atoms with Gasteiger partial charge in [0.2, 0.25) is 0 Å². The molecule has 0 aliphatic heterocycles. The lowest BCUT2D eigenvalue weighted by atomic mass is 9.93. The summed E-state index contributed by atoms with van der Waals surface area (Å²) in [6.45, 7) is 4.65. The van der Waals surface area contributed by atoms with Gasteiger partial charge in [0.25, 0.3) is 0 Å². The molecule has 0 amide bonds. The summed E-state index contributed by atoms with van der Waals surface area (Å²) in [5.74, 6) is 1.68. The lowest BCUT2D eigenvalue weighted by Gasteiger charge is -2.12. The fraction of sp³-hybridized carbons (Fsp3) is 0.500. The molecular weight excluding hydrogens is 224 g/mol. The van der Waals surface area contributed by atoms with Crippen LogP contribution >= 0.6 is 15.9 Å². The van der Waals surface area contributed by atoms with Crippen LogP contribution in [-0.4, -0.2) is 0 Å². The van der Waals surface area contributed by atoms with Crippen molar-refractivity contribution < 1.29 is 0 Å². The molecule has 0 N–H and O–H groups in total. The van der Waals surface area contributed by atoms with Crippen molar-refractivity contribution in [2.24, 2.45) is 11.8 Å². The van der Waals surface area contributed by atoms with Crippen molar-refractivity contribution >= 4 is 15.9 Å². The van der Waals surface area contributed by atoms with Crippen LogP contribution in [0.25, 0.3) is 0 Å². The molecule has 1 aliphatic carbocycles. The number of hydrogen-bond acceptors (Lipinski definition) is 0. The Bertz CT molecular complexity index is 315. The van der Waals surface area contributed by atoms with Crippen LogP contribution < -0.4 is 0 Å². The van der Waals surface area contributed by atoms with Gasteiger partial charge in [-0.15, -0.1) is 0 Å². The second kappa shape index (κ2) is 3.45. The van der Waals surface area contributed by atoms with Crippen LogP contribution in [0.4, 0.5) is 0 Å². The zero-order valence-electron chi connectivity index (χ0n) is 8.18. The van der Waals surface area contributed by atoms with Crippen LogP contribution in [0.3, 0.4) is 0 Å². The highest BCUT2D eigenvalue weighted by Crippen LogP contribution is 2.32. The molecule has 0 fully saturated rings. The lowest BCUT2D eigenvalue weighted by molar-refractivity contribution is 0.404. The van der Waals surface area contributed by atoms with Crippen LogP contribution in [-0.2, 0) is 12.8 Å². The predicted octanol–water partition coefficient (Wildman–Crippen LogP) is 3.82. The van der Waals surface area contributed by atoms with Gasteiger partial charge < -0.3 is 0 Å². The van der Waals surface area contributed by atoms with Crippen molar-refractivity contribution in [3.05, 3.63) is 33.8 Å². The second-order valence-electron chi connectivity index (χ2n) is 4.33. The third-order valence-corrected chi connectivity index (χ3v) is 3.57. The van der Waals surface area contributed by atoms with Crippen molar-refractivity contribution in [2.45, 2.75) is 26.7 Å². The molecule has 0 saturated heterocycles. The maximum absolute atomic E-state index is 3.52. The number of hydrogen-bond donors (Lipinski definition) is 0. The second-order valence-corrected chi connectivity index (χ2v) is 5.24. The van der Waals surface area contributed by atoms with Crippen LogP contribution in [0.5, 0.6) is 0 Å². The average Bonchev–Trinajstić information content (AvgIpc) is 2.46. The Hall–Kier alpha value is -0.300. The summed E-state index contributed by atoms with van der Waals surface area (Å²) in [5, 5.41) is 0. The van der Waals surface area contributed by atoms with Gasteiger partial charge in [0.15, 0.2) is 0 Å². The molecule has 1 aliphatic rings. The Morgan fingerprint density at radius 1 is 1.23 bits per heavy atom. The molecule has 2 rings (SSSR count). The fourth-order valence-electron chi connectivity index (χ4n) is 2.09. The van der Waals surface area contributed by atoms with Gasteiger partial charge in [0.1, 0.15) is 0 Å². The standard InChI is InChI=1S/C12H15Br/c1-8(2)10-5-9-3-4-12(13)7-11(9)6-10/h3-4,7-8,10H,5-6H2,1-2H3. The quantitative estimate of drug-likeness (QED) is 0.698. The summed E-state index contributed by atoms with van der Waals surface area (Å²) in [5.41, 5.74) is 3.11. The molecule has 0 aromatic heterocycles. The summed E-state index contributed by atoms with van der Waals surface area (Å²) in [4.78, 5) is 0. The third kappa shape index (κ3) is 1.80. The summed E-state index contributed by atoms with van der Waals surface area (Å²) in [6, 6.07) is 6.70. The molecule has 1 aromatic carbocycles. The van der Waals surface area contributed by atoms with E-state index in [9.17, 15) is 0 Å². The average molecular weight is 239 g/mol. The van der Waals surface area contributed by atoms with Gasteiger partial charge in [0.05, 0.1) is 0 Å². The summed E-state index contributed by atoms with van der Waals surface area (Å²) in [6.07, 6.45) is 2.55. The van der Waals surface area contributed by atoms with Gasteiger partial charge in [-0.3, -0.25) is 0 Å². The van der Waals surface area contributed by atoms with Gasteiger partial charge in [-0.25, -0.2) is 0 Å². The molecule has 0 spiro atoms. The summed E-state index contributed by atoms with van der Waals surface area (Å²) >= 11 is 3.52. The van der Waals surface area contributed by atoms with Crippen molar-refractivity contribution in [1.29, 1.82) is 0 Å². The highest BCUT2D eigenvalue weighted by molar-refractivity contribution is 9.10. The molecule has 0 heterocycles. The molecule has 1 atom stereocenters. The number of benzene rings is 1. The van der Waals surface area contributed by atoms with Crippen molar-refractivity contribution in [3.8, 4) is 0 Å². The van der Waals surface area contributed by atoms with Crippen LogP contribution in [0.1, 0.15) is 25.0 Å². The minimum atomic E-state index is 0.811. The minimum absolute atomic E-state index is 0.811. The third-order valence-electron chi connectivity index (χ3n) is 3.08. The highest BCUT2D eigenvalue weighted by Gasteiger charge is 2.23. The summed E-state index contributed by atoms with van der Waals surface area (Å²) < 4.78 is 1.22. The highest BCUT2D eigenvalue weighted by atomic mass is 79.9. The normalized spacial score (nSPS) is 20.8. The molecular formula is C12H15Br. The number of fused-ring (bicyclic) bond motifs is 1. The van der Waals surface area contributed by atoms with E-state index in [4.69, 9.17) is 0 Å². The molecule has 70 valence electrons. The molecule has 1 aromatic rings. The maximum atomic E-state index is 3.52. The van der Waals surface area contributed by atoms with Crippen LogP contribution in [0, 0.1) is 11.8 Å². The maximum Gasteiger partial charge on any atom is 0.0178 e. The molecule has 0 saturated carbocycles. The van der Waals surface area contributed by atoms with E-state index < -0.39 is 0 Å². The summed E-state index contributed by atoms with van der Waals surface area (Å²) in [7, 11) is 0. The Morgan fingerprint density at radius 3 is 2.62 bits per heavy atom. The zero-order valence-corrected chi connectivity index (χ0v) is 9.76. The van der Waals surface area contributed by atoms with E-state index in [1.807, 2.05) is 0 Å². The lowest BCUT2D eigenvalue weighted by Crippen LogP contribution is -2.07. The smallest absolute Gasteiger partial charge is 0.0178 e. The topological polar surface area (TPSA) is 0 Å². The zero-order chi connectivity index (χ0) is 9.42. The fourth-order valence-corrected chi connectivity index (χ4v) is 2.50. The van der Waals surface area contributed by atoms with E-state index in [0.717, 1.165) is 11.8 Å². The first-order chi connectivity index (χ1) is 6.16. The largest absolute Gasteiger partial charge is 0.0625 e. The first kappa shape index (κ1) is 9.26. The molecule has 1 unspecified atom stereocenters. The van der Waals surface area contributed by atoms with E-state index >= 15 is 0 Å². The van der Waals surface area contributed by atoms with E-state index in [2.05, 4.69) is 48.0 Å². The first-order valence-electron chi connectivity index (χ1n) is 4.94. The monoisotopic (exact) mass is 238 g/mol. The van der Waals surface area contributed by atoms with Crippen molar-refractivity contribution in [3.63, 3.8) is 0 Å². The molecule has 1 heteroatoms. The molecule has 0 nitrogen and oxygen atoms in total. The van der Waals surface area contributed by atoms with Gasteiger partial charge in [0, 0.05) is 4.47 Å². The van der Waals surface area contributed by atoms with Crippen molar-refractivity contribution in [2.75, 3.05) is 0 Å². The SMILES string of the molecule is CC(C)C1Cc2ccc(Br)cc2C1. The molecule has 0 bridgehead atoms. The Balaban J connectivity index is 2.25. The molecule has 0 radical (unpaired) electrons. The predicted molar refractivity (Wildman–Crippen MR) is 59.9 cm³/mol.